The molecule has 0 saturated heterocycles. The van der Waals surface area contributed by atoms with Crippen molar-refractivity contribution in [3.05, 3.63) is 0 Å². The van der Waals surface area contributed by atoms with Crippen LogP contribution in [0.2, 0.25) is 0 Å². The molecule has 0 aromatic rings. The predicted molar refractivity (Wildman–Crippen MR) is 54.9 cm³/mol. The summed E-state index contributed by atoms with van der Waals surface area (Å²) < 4.78 is 0. The van der Waals surface area contributed by atoms with Gasteiger partial charge in [0, 0.05) is 6.04 Å². The molecular weight excluding hydrogens is 178 g/mol. The summed E-state index contributed by atoms with van der Waals surface area (Å²) in [5.74, 6) is 1.75. The molecule has 0 amide bonds. The number of carboxylic acid groups (broad SMARTS) is 1. The van der Waals surface area contributed by atoms with Crippen LogP contribution < -0.4 is 0 Å². The number of nitrogens with zero attached hydrogens (tertiary/aromatic N) is 1. The quantitative estimate of drug-likeness (QED) is 0.688. The normalized spacial score (nSPS) is 18.0. The lowest BCUT2D eigenvalue weighted by molar-refractivity contribution is -0.138. The molecule has 0 unspecified atom stereocenters. The number of carboxylic acids is 1. The van der Waals surface area contributed by atoms with Crippen molar-refractivity contribution in [2.75, 3.05) is 13.1 Å². The van der Waals surface area contributed by atoms with Crippen molar-refractivity contribution in [1.82, 2.24) is 4.90 Å². The largest absolute Gasteiger partial charge is 0.480 e. The molecule has 0 aromatic heterocycles. The Kier molecular flexibility index (Phi) is 4.48. The molecule has 14 heavy (non-hydrogen) atoms. The van der Waals surface area contributed by atoms with Gasteiger partial charge in [-0.3, -0.25) is 9.69 Å². The third kappa shape index (κ3) is 3.39. The first-order chi connectivity index (χ1) is 6.74. The van der Waals surface area contributed by atoms with E-state index in [0.717, 1.165) is 12.8 Å². The van der Waals surface area contributed by atoms with Crippen molar-refractivity contribution < 1.29 is 9.90 Å². The van der Waals surface area contributed by atoms with Crippen LogP contribution >= 0.6 is 0 Å². The van der Waals surface area contributed by atoms with Crippen LogP contribution in [0.15, 0.2) is 0 Å². The molecule has 1 rings (SSSR count). The first kappa shape index (κ1) is 11.1. The third-order valence-electron chi connectivity index (χ3n) is 2.72. The molecule has 1 saturated carbocycles. The van der Waals surface area contributed by atoms with Gasteiger partial charge in [0.05, 0.1) is 13.1 Å². The molecule has 1 N–H and O–H groups in total. The van der Waals surface area contributed by atoms with Gasteiger partial charge in [-0.1, -0.05) is 25.2 Å². The van der Waals surface area contributed by atoms with Crippen LogP contribution in [0.1, 0.15) is 32.1 Å². The third-order valence-corrected chi connectivity index (χ3v) is 2.72. The summed E-state index contributed by atoms with van der Waals surface area (Å²) in [5.41, 5.74) is 0. The van der Waals surface area contributed by atoms with Gasteiger partial charge in [-0.15, -0.1) is 6.42 Å². The van der Waals surface area contributed by atoms with Crippen molar-refractivity contribution in [2.24, 2.45) is 0 Å². The van der Waals surface area contributed by atoms with E-state index in [1.807, 2.05) is 4.90 Å². The number of terminal acetylenes is 1. The zero-order valence-corrected chi connectivity index (χ0v) is 8.41. The topological polar surface area (TPSA) is 40.5 Å². The van der Waals surface area contributed by atoms with E-state index in [1.54, 1.807) is 0 Å². The number of carbonyl (C=O) groups is 1. The zero-order valence-electron chi connectivity index (χ0n) is 8.41. The standard InChI is InChI=1S/C11H17NO2/c1-2-8-12(9-11(13)14)10-6-4-3-5-7-10/h1,10H,3-9H2,(H,13,14). The van der Waals surface area contributed by atoms with Crippen LogP contribution in [0.25, 0.3) is 0 Å². The van der Waals surface area contributed by atoms with E-state index in [2.05, 4.69) is 5.92 Å². The Bertz CT molecular complexity index is 226. The van der Waals surface area contributed by atoms with Gasteiger partial charge in [0.1, 0.15) is 0 Å². The molecule has 0 bridgehead atoms. The van der Waals surface area contributed by atoms with E-state index in [-0.39, 0.29) is 6.54 Å². The van der Waals surface area contributed by atoms with Crippen molar-refractivity contribution in [1.29, 1.82) is 0 Å². The van der Waals surface area contributed by atoms with Crippen LogP contribution in [0.5, 0.6) is 0 Å². The van der Waals surface area contributed by atoms with Gasteiger partial charge in [-0.05, 0) is 12.8 Å². The first-order valence-electron chi connectivity index (χ1n) is 5.13. The SMILES string of the molecule is C#CCN(CC(=O)O)C1CCCCC1. The average molecular weight is 195 g/mol. The van der Waals surface area contributed by atoms with Crippen molar-refractivity contribution in [2.45, 2.75) is 38.1 Å². The van der Waals surface area contributed by atoms with E-state index in [4.69, 9.17) is 11.5 Å². The van der Waals surface area contributed by atoms with Crippen molar-refractivity contribution in [3.8, 4) is 12.3 Å². The van der Waals surface area contributed by atoms with Gasteiger partial charge in [-0.2, -0.15) is 0 Å². The molecule has 0 aliphatic heterocycles. The minimum Gasteiger partial charge on any atom is -0.480 e. The van der Waals surface area contributed by atoms with Crippen LogP contribution in [-0.4, -0.2) is 35.1 Å². The summed E-state index contributed by atoms with van der Waals surface area (Å²) in [6.07, 6.45) is 11.1. The fourth-order valence-electron chi connectivity index (χ4n) is 2.05. The summed E-state index contributed by atoms with van der Waals surface area (Å²) in [7, 11) is 0. The predicted octanol–water partition coefficient (Wildman–Crippen LogP) is 1.34. The summed E-state index contributed by atoms with van der Waals surface area (Å²) in [6.45, 7) is 0.534. The number of rotatable bonds is 4. The van der Waals surface area contributed by atoms with E-state index in [9.17, 15) is 4.79 Å². The minimum atomic E-state index is -0.786. The van der Waals surface area contributed by atoms with Crippen LogP contribution in [0, 0.1) is 12.3 Å². The van der Waals surface area contributed by atoms with E-state index >= 15 is 0 Å². The smallest absolute Gasteiger partial charge is 0.317 e. The fraction of sp³-hybridized carbons (Fsp3) is 0.727. The number of hydrogen-bond acceptors (Lipinski definition) is 2. The van der Waals surface area contributed by atoms with Crippen molar-refractivity contribution in [3.63, 3.8) is 0 Å². The van der Waals surface area contributed by atoms with E-state index in [1.165, 1.54) is 19.3 Å². The molecule has 1 fully saturated rings. The second-order valence-corrected chi connectivity index (χ2v) is 3.79. The van der Waals surface area contributed by atoms with Crippen molar-refractivity contribution >= 4 is 5.97 Å². The molecule has 1 aliphatic carbocycles. The van der Waals surface area contributed by atoms with Gasteiger partial charge >= 0.3 is 5.97 Å². The summed E-state index contributed by atoms with van der Waals surface area (Å²) in [6, 6.07) is 0.385. The fourth-order valence-corrected chi connectivity index (χ4v) is 2.05. The van der Waals surface area contributed by atoms with Gasteiger partial charge < -0.3 is 5.11 Å². The van der Waals surface area contributed by atoms with Crippen LogP contribution in [-0.2, 0) is 4.79 Å². The second-order valence-electron chi connectivity index (χ2n) is 3.79. The highest BCUT2D eigenvalue weighted by Gasteiger charge is 2.21. The first-order valence-corrected chi connectivity index (χ1v) is 5.13. The Morgan fingerprint density at radius 1 is 1.43 bits per heavy atom. The molecule has 0 radical (unpaired) electrons. The lowest BCUT2D eigenvalue weighted by Gasteiger charge is -2.31. The summed E-state index contributed by atoms with van der Waals surface area (Å²) >= 11 is 0. The van der Waals surface area contributed by atoms with Gasteiger partial charge in [-0.25, -0.2) is 0 Å². The maximum absolute atomic E-state index is 10.6. The molecule has 0 heterocycles. The van der Waals surface area contributed by atoms with E-state index < -0.39 is 5.97 Å². The number of aliphatic carboxylic acids is 1. The van der Waals surface area contributed by atoms with E-state index in [0.29, 0.717) is 12.6 Å². The molecule has 78 valence electrons. The summed E-state index contributed by atoms with van der Waals surface area (Å²) in [5, 5.41) is 8.73. The summed E-state index contributed by atoms with van der Waals surface area (Å²) in [4.78, 5) is 12.5. The molecule has 0 atom stereocenters. The van der Waals surface area contributed by atoms with Crippen LogP contribution in [0.3, 0.4) is 0 Å². The van der Waals surface area contributed by atoms with Crippen LogP contribution in [0.4, 0.5) is 0 Å². The minimum absolute atomic E-state index is 0.0782. The molecule has 0 spiro atoms. The Morgan fingerprint density at radius 2 is 2.07 bits per heavy atom. The maximum Gasteiger partial charge on any atom is 0.317 e. The highest BCUT2D eigenvalue weighted by molar-refractivity contribution is 5.69. The highest BCUT2D eigenvalue weighted by Crippen LogP contribution is 2.22. The van der Waals surface area contributed by atoms with Gasteiger partial charge in [0.2, 0.25) is 0 Å². The maximum atomic E-state index is 10.6. The number of hydrogen-bond donors (Lipinski definition) is 1. The molecule has 0 aromatic carbocycles. The van der Waals surface area contributed by atoms with Gasteiger partial charge in [0.15, 0.2) is 0 Å². The molecule has 3 nitrogen and oxygen atoms in total. The highest BCUT2D eigenvalue weighted by atomic mass is 16.4. The Labute approximate surface area is 85.1 Å². The Balaban J connectivity index is 2.47. The average Bonchev–Trinajstić information content (AvgIpc) is 2.18. The lowest BCUT2D eigenvalue weighted by Crippen LogP contribution is -2.40. The molecule has 3 heteroatoms. The Hall–Kier alpha value is -1.01. The second kappa shape index (κ2) is 5.66. The monoisotopic (exact) mass is 195 g/mol. The Morgan fingerprint density at radius 3 is 2.57 bits per heavy atom. The zero-order chi connectivity index (χ0) is 10.4. The molecule has 1 aliphatic rings. The molecular formula is C11H17NO2. The van der Waals surface area contributed by atoms with Gasteiger partial charge in [0.25, 0.3) is 0 Å². The lowest BCUT2D eigenvalue weighted by atomic mass is 9.94.